The van der Waals surface area contributed by atoms with Gasteiger partial charge in [-0.1, -0.05) is 0 Å². The summed E-state index contributed by atoms with van der Waals surface area (Å²) < 4.78 is 130. The average molecular weight is 536 g/mol. The number of halogens is 9. The lowest BCUT2D eigenvalue weighted by atomic mass is 10.2. The Bertz CT molecular complexity index is 972. The van der Waals surface area contributed by atoms with Gasteiger partial charge in [0.1, 0.15) is 18.2 Å². The summed E-state index contributed by atoms with van der Waals surface area (Å²) in [6, 6.07) is 5.64. The summed E-state index contributed by atoms with van der Waals surface area (Å²) in [6.07, 6.45) is -15.2. The minimum Gasteiger partial charge on any atom is -0.484 e. The van der Waals surface area contributed by atoms with Crippen LogP contribution in [0, 0.1) is 0 Å². The second-order valence-corrected chi connectivity index (χ2v) is 6.90. The number of nitrogens with zero attached hydrogens (tertiary/aromatic N) is 2. The predicted molar refractivity (Wildman–Crippen MR) is 104 cm³/mol. The lowest BCUT2D eigenvalue weighted by Crippen LogP contribution is -2.34. The van der Waals surface area contributed by atoms with Crippen molar-refractivity contribution < 1.29 is 63.3 Å². The fourth-order valence-corrected chi connectivity index (χ4v) is 2.60. The maximum atomic E-state index is 12.8. The third-order valence-electron chi connectivity index (χ3n) is 3.89. The standard InChI is InChI=1S/C20H17F9N2O5/c1-33-11-31(13-2-4-14(5-3-13)36-20(27,28)29)17(32)7-12-6-15(34-9-18(21,22)23)8-16(30-12)35-10-19(24,25)26/h2-6,8H,7,9-11H2,1H3. The Balaban J connectivity index is 2.26. The monoisotopic (exact) mass is 536 g/mol. The van der Waals surface area contributed by atoms with Crippen molar-refractivity contribution in [2.45, 2.75) is 25.1 Å². The molecule has 0 atom stereocenters. The van der Waals surface area contributed by atoms with E-state index in [2.05, 4.69) is 19.2 Å². The molecule has 0 fully saturated rings. The highest BCUT2D eigenvalue weighted by atomic mass is 19.4. The normalized spacial score (nSPS) is 12.3. The van der Waals surface area contributed by atoms with Crippen LogP contribution in [0.2, 0.25) is 0 Å². The van der Waals surface area contributed by atoms with Crippen molar-refractivity contribution >= 4 is 11.6 Å². The van der Waals surface area contributed by atoms with Gasteiger partial charge in [0, 0.05) is 24.9 Å². The fourth-order valence-electron chi connectivity index (χ4n) is 2.60. The number of aromatic nitrogens is 1. The zero-order chi connectivity index (χ0) is 27.1. The molecule has 2 aromatic rings. The number of methoxy groups -OCH3 is 1. The molecule has 2 rings (SSSR count). The number of rotatable bonds is 10. The molecule has 0 aliphatic rings. The molecule has 0 saturated heterocycles. The van der Waals surface area contributed by atoms with E-state index in [1.807, 2.05) is 0 Å². The Kier molecular flexibility index (Phi) is 9.23. The van der Waals surface area contributed by atoms with Crippen molar-refractivity contribution in [1.82, 2.24) is 4.98 Å². The topological polar surface area (TPSA) is 70.1 Å². The first-order chi connectivity index (χ1) is 16.5. The molecule has 0 aliphatic carbocycles. The molecule has 0 aliphatic heterocycles. The Labute approximate surface area is 197 Å². The quantitative estimate of drug-likeness (QED) is 0.313. The maximum Gasteiger partial charge on any atom is 0.573 e. The molecule has 1 aromatic heterocycles. The highest BCUT2D eigenvalue weighted by molar-refractivity contribution is 5.94. The molecular formula is C20H17F9N2O5. The Morgan fingerprint density at radius 2 is 1.44 bits per heavy atom. The van der Waals surface area contributed by atoms with Crippen LogP contribution in [0.25, 0.3) is 0 Å². The van der Waals surface area contributed by atoms with Crippen LogP contribution < -0.4 is 19.1 Å². The zero-order valence-corrected chi connectivity index (χ0v) is 18.1. The molecule has 36 heavy (non-hydrogen) atoms. The minimum absolute atomic E-state index is 0.0504. The van der Waals surface area contributed by atoms with Gasteiger partial charge in [0.2, 0.25) is 11.8 Å². The van der Waals surface area contributed by atoms with Gasteiger partial charge in [0.25, 0.3) is 0 Å². The van der Waals surface area contributed by atoms with Crippen LogP contribution in [-0.4, -0.2) is 56.7 Å². The number of carbonyl (C=O) groups is 1. The van der Waals surface area contributed by atoms with Gasteiger partial charge in [-0.15, -0.1) is 13.2 Å². The molecule has 0 N–H and O–H groups in total. The van der Waals surface area contributed by atoms with E-state index in [0.29, 0.717) is 6.07 Å². The summed E-state index contributed by atoms with van der Waals surface area (Å²) in [5.74, 6) is -2.70. The summed E-state index contributed by atoms with van der Waals surface area (Å²) in [5, 5.41) is 0. The first-order valence-corrected chi connectivity index (χ1v) is 9.60. The molecule has 0 spiro atoms. The van der Waals surface area contributed by atoms with Crippen molar-refractivity contribution in [2.24, 2.45) is 0 Å². The van der Waals surface area contributed by atoms with Crippen LogP contribution >= 0.6 is 0 Å². The highest BCUT2D eigenvalue weighted by Crippen LogP contribution is 2.27. The first kappa shape index (κ1) is 28.8. The van der Waals surface area contributed by atoms with Gasteiger partial charge in [0.15, 0.2) is 13.2 Å². The number of amides is 1. The summed E-state index contributed by atoms with van der Waals surface area (Å²) in [4.78, 5) is 17.5. The van der Waals surface area contributed by atoms with Crippen molar-refractivity contribution in [1.29, 1.82) is 0 Å². The number of hydrogen-bond donors (Lipinski definition) is 0. The van der Waals surface area contributed by atoms with Gasteiger partial charge in [-0.25, -0.2) is 4.98 Å². The number of carbonyl (C=O) groups excluding carboxylic acids is 1. The van der Waals surface area contributed by atoms with Gasteiger partial charge in [-0.2, -0.15) is 26.3 Å². The molecule has 1 heterocycles. The Morgan fingerprint density at radius 1 is 0.861 bits per heavy atom. The van der Waals surface area contributed by atoms with Crippen LogP contribution in [0.4, 0.5) is 45.2 Å². The van der Waals surface area contributed by atoms with E-state index in [-0.39, 0.29) is 11.4 Å². The first-order valence-electron chi connectivity index (χ1n) is 9.60. The van der Waals surface area contributed by atoms with Gasteiger partial charge < -0.3 is 18.9 Å². The van der Waals surface area contributed by atoms with Gasteiger partial charge in [0.05, 0.1) is 12.1 Å². The molecule has 0 bridgehead atoms. The summed E-state index contributed by atoms with van der Waals surface area (Å²) >= 11 is 0. The molecule has 1 aromatic carbocycles. The van der Waals surface area contributed by atoms with E-state index in [0.717, 1.165) is 35.2 Å². The van der Waals surface area contributed by atoms with Crippen LogP contribution in [0.15, 0.2) is 36.4 Å². The lowest BCUT2D eigenvalue weighted by Gasteiger charge is -2.22. The number of anilines is 1. The number of hydrogen-bond acceptors (Lipinski definition) is 6. The van der Waals surface area contributed by atoms with Crippen LogP contribution in [0.3, 0.4) is 0 Å². The van der Waals surface area contributed by atoms with E-state index in [9.17, 15) is 44.3 Å². The average Bonchev–Trinajstić information content (AvgIpc) is 2.73. The SMILES string of the molecule is COCN(C(=O)Cc1cc(OCC(F)(F)F)cc(OCC(F)(F)F)n1)c1ccc(OC(F)(F)F)cc1. The lowest BCUT2D eigenvalue weighted by molar-refractivity contribution is -0.274. The predicted octanol–water partition coefficient (Wildman–Crippen LogP) is 5.04. The molecule has 7 nitrogen and oxygen atoms in total. The van der Waals surface area contributed by atoms with Crippen molar-refractivity contribution in [3.63, 3.8) is 0 Å². The molecule has 0 saturated carbocycles. The Hall–Kier alpha value is -3.43. The highest BCUT2D eigenvalue weighted by Gasteiger charge is 2.32. The van der Waals surface area contributed by atoms with Crippen LogP contribution in [0.1, 0.15) is 5.69 Å². The molecule has 0 radical (unpaired) electrons. The molecule has 1 amide bonds. The van der Waals surface area contributed by atoms with Gasteiger partial charge >= 0.3 is 18.7 Å². The van der Waals surface area contributed by atoms with Gasteiger partial charge in [-0.3, -0.25) is 9.69 Å². The largest absolute Gasteiger partial charge is 0.573 e. The number of benzene rings is 1. The number of pyridine rings is 1. The summed E-state index contributed by atoms with van der Waals surface area (Å²) in [7, 11) is 1.20. The Morgan fingerprint density at radius 3 is 1.97 bits per heavy atom. The van der Waals surface area contributed by atoms with E-state index in [1.54, 1.807) is 0 Å². The minimum atomic E-state index is -4.94. The van der Waals surface area contributed by atoms with Crippen molar-refractivity contribution in [2.75, 3.05) is 32.0 Å². The summed E-state index contributed by atoms with van der Waals surface area (Å²) in [6.45, 7) is -3.98. The summed E-state index contributed by atoms with van der Waals surface area (Å²) in [5.41, 5.74) is -0.260. The molecule has 200 valence electrons. The second-order valence-electron chi connectivity index (χ2n) is 6.90. The smallest absolute Gasteiger partial charge is 0.484 e. The van der Waals surface area contributed by atoms with Gasteiger partial charge in [-0.05, 0) is 24.3 Å². The second kappa shape index (κ2) is 11.5. The fraction of sp³-hybridized carbons (Fsp3) is 0.400. The van der Waals surface area contributed by atoms with Crippen molar-refractivity contribution in [3.05, 3.63) is 42.1 Å². The number of ether oxygens (including phenoxy) is 4. The van der Waals surface area contributed by atoms with E-state index in [1.165, 1.54) is 7.11 Å². The van der Waals surface area contributed by atoms with Crippen molar-refractivity contribution in [3.8, 4) is 17.4 Å². The molecular weight excluding hydrogens is 519 g/mol. The maximum absolute atomic E-state index is 12.8. The number of alkyl halides is 9. The van der Waals surface area contributed by atoms with E-state index in [4.69, 9.17) is 4.74 Å². The molecule has 0 unspecified atom stereocenters. The van der Waals surface area contributed by atoms with Crippen LogP contribution in [-0.2, 0) is 16.0 Å². The van der Waals surface area contributed by atoms with E-state index < -0.39 is 68.4 Å². The third-order valence-corrected chi connectivity index (χ3v) is 3.89. The van der Waals surface area contributed by atoms with E-state index >= 15 is 0 Å². The van der Waals surface area contributed by atoms with Crippen LogP contribution in [0.5, 0.6) is 17.4 Å². The molecule has 16 heteroatoms. The zero-order valence-electron chi connectivity index (χ0n) is 18.1. The third kappa shape index (κ3) is 10.5.